The minimum absolute atomic E-state index is 0.164. The van der Waals surface area contributed by atoms with Gasteiger partial charge in [0.25, 0.3) is 11.5 Å². The minimum atomic E-state index is -0.306. The van der Waals surface area contributed by atoms with Gasteiger partial charge in [0.15, 0.2) is 0 Å². The lowest BCUT2D eigenvalue weighted by molar-refractivity contribution is -0.384. The standard InChI is InChI=1S/C17H19N7O2/c1-12-4-3-5-14(24(25)26)16(12)22-8-6-21(7-9-22)15-10-13(2)20-17-18-11-19-23(15)17/h3-5,10-11H,6-9H2,1-2H3. The van der Waals surface area contributed by atoms with Gasteiger partial charge in [0.05, 0.1) is 4.92 Å². The molecule has 1 saturated heterocycles. The summed E-state index contributed by atoms with van der Waals surface area (Å²) in [6.07, 6.45) is 1.50. The van der Waals surface area contributed by atoms with Crippen LogP contribution in [-0.4, -0.2) is 50.7 Å². The quantitative estimate of drug-likeness (QED) is 0.525. The molecule has 1 fully saturated rings. The molecule has 1 aromatic carbocycles. The molecule has 1 aliphatic heterocycles. The molecule has 2 aromatic heterocycles. The summed E-state index contributed by atoms with van der Waals surface area (Å²) in [6.45, 7) is 6.73. The Morgan fingerprint density at radius 1 is 1.12 bits per heavy atom. The number of para-hydroxylation sites is 1. The number of aryl methyl sites for hydroxylation is 2. The fourth-order valence-corrected chi connectivity index (χ4v) is 3.50. The van der Waals surface area contributed by atoms with E-state index in [2.05, 4.69) is 24.9 Å². The third-order valence-electron chi connectivity index (χ3n) is 4.69. The van der Waals surface area contributed by atoms with Gasteiger partial charge in [0.1, 0.15) is 17.8 Å². The largest absolute Gasteiger partial charge is 0.362 e. The molecule has 0 unspecified atom stereocenters. The lowest BCUT2D eigenvalue weighted by Crippen LogP contribution is -2.47. The molecule has 1 aliphatic rings. The highest BCUT2D eigenvalue weighted by Crippen LogP contribution is 2.32. The van der Waals surface area contributed by atoms with E-state index in [1.807, 2.05) is 26.0 Å². The van der Waals surface area contributed by atoms with Crippen molar-refractivity contribution in [2.45, 2.75) is 13.8 Å². The first kappa shape index (κ1) is 16.2. The third kappa shape index (κ3) is 2.71. The SMILES string of the molecule is Cc1cc(N2CCN(c3c(C)cccc3[N+](=O)[O-])CC2)n2ncnc2n1. The third-order valence-corrected chi connectivity index (χ3v) is 4.69. The lowest BCUT2D eigenvalue weighted by Gasteiger charge is -2.37. The van der Waals surface area contributed by atoms with Crippen LogP contribution in [0.1, 0.15) is 11.3 Å². The van der Waals surface area contributed by atoms with Gasteiger partial charge in [-0.1, -0.05) is 12.1 Å². The molecule has 3 heterocycles. The summed E-state index contributed by atoms with van der Waals surface area (Å²) in [5, 5.41) is 15.7. The van der Waals surface area contributed by atoms with E-state index in [1.165, 1.54) is 6.33 Å². The van der Waals surface area contributed by atoms with Crippen LogP contribution in [0.4, 0.5) is 17.2 Å². The minimum Gasteiger partial charge on any atom is -0.362 e. The van der Waals surface area contributed by atoms with E-state index in [1.54, 1.807) is 16.6 Å². The molecule has 0 amide bonds. The molecule has 0 N–H and O–H groups in total. The molecule has 0 saturated carbocycles. The molecule has 9 heteroatoms. The van der Waals surface area contributed by atoms with Crippen molar-refractivity contribution in [1.82, 2.24) is 19.6 Å². The molecule has 0 bridgehead atoms. The Morgan fingerprint density at radius 3 is 2.58 bits per heavy atom. The van der Waals surface area contributed by atoms with Crippen molar-refractivity contribution in [1.29, 1.82) is 0 Å². The number of rotatable bonds is 3. The highest BCUT2D eigenvalue weighted by Gasteiger charge is 2.26. The molecule has 0 radical (unpaired) electrons. The van der Waals surface area contributed by atoms with Crippen molar-refractivity contribution in [2.75, 3.05) is 36.0 Å². The van der Waals surface area contributed by atoms with Gasteiger partial charge in [0, 0.05) is 44.0 Å². The molecule has 9 nitrogen and oxygen atoms in total. The topological polar surface area (TPSA) is 92.7 Å². The lowest BCUT2D eigenvalue weighted by atomic mass is 10.1. The van der Waals surface area contributed by atoms with Crippen molar-refractivity contribution in [3.05, 3.63) is 52.0 Å². The highest BCUT2D eigenvalue weighted by molar-refractivity contribution is 5.68. The number of anilines is 2. The molecule has 4 rings (SSSR count). The number of benzene rings is 1. The van der Waals surface area contributed by atoms with Crippen molar-refractivity contribution in [2.24, 2.45) is 0 Å². The van der Waals surface area contributed by atoms with Gasteiger partial charge in [0.2, 0.25) is 0 Å². The average molecular weight is 353 g/mol. The average Bonchev–Trinajstić information content (AvgIpc) is 3.09. The van der Waals surface area contributed by atoms with E-state index in [4.69, 9.17) is 0 Å². The maximum atomic E-state index is 11.4. The van der Waals surface area contributed by atoms with Crippen LogP contribution >= 0.6 is 0 Å². The number of fused-ring (bicyclic) bond motifs is 1. The van der Waals surface area contributed by atoms with Crippen LogP contribution in [0, 0.1) is 24.0 Å². The Morgan fingerprint density at radius 2 is 1.85 bits per heavy atom. The summed E-state index contributed by atoms with van der Waals surface area (Å²) in [6, 6.07) is 7.21. The molecule has 26 heavy (non-hydrogen) atoms. The maximum absolute atomic E-state index is 11.4. The Bertz CT molecular complexity index is 976. The van der Waals surface area contributed by atoms with Crippen molar-refractivity contribution in [3.63, 3.8) is 0 Å². The zero-order valence-corrected chi connectivity index (χ0v) is 14.7. The van der Waals surface area contributed by atoms with E-state index in [0.29, 0.717) is 24.6 Å². The predicted molar refractivity (Wildman–Crippen MR) is 97.8 cm³/mol. The van der Waals surface area contributed by atoms with Crippen molar-refractivity contribution < 1.29 is 4.92 Å². The van der Waals surface area contributed by atoms with E-state index < -0.39 is 0 Å². The molecule has 134 valence electrons. The summed E-state index contributed by atoms with van der Waals surface area (Å²) < 4.78 is 1.73. The number of hydrogen-bond donors (Lipinski definition) is 0. The van der Waals surface area contributed by atoms with Crippen LogP contribution in [0.3, 0.4) is 0 Å². The number of nitrogens with zero attached hydrogens (tertiary/aromatic N) is 7. The zero-order chi connectivity index (χ0) is 18.3. The second-order valence-corrected chi connectivity index (χ2v) is 6.40. The maximum Gasteiger partial charge on any atom is 0.292 e. The van der Waals surface area contributed by atoms with Crippen LogP contribution in [-0.2, 0) is 0 Å². The fourth-order valence-electron chi connectivity index (χ4n) is 3.50. The summed E-state index contributed by atoms with van der Waals surface area (Å²) in [5.41, 5.74) is 2.69. The van der Waals surface area contributed by atoms with Gasteiger partial charge in [-0.3, -0.25) is 10.1 Å². The van der Waals surface area contributed by atoms with Gasteiger partial charge in [-0.05, 0) is 19.4 Å². The Balaban J connectivity index is 1.60. The summed E-state index contributed by atoms with van der Waals surface area (Å²) in [5.74, 6) is 1.53. The van der Waals surface area contributed by atoms with Gasteiger partial charge < -0.3 is 9.80 Å². The smallest absolute Gasteiger partial charge is 0.292 e. The van der Waals surface area contributed by atoms with Gasteiger partial charge in [-0.25, -0.2) is 4.98 Å². The molecule has 0 atom stereocenters. The monoisotopic (exact) mass is 353 g/mol. The van der Waals surface area contributed by atoms with Gasteiger partial charge in [-0.15, -0.1) is 0 Å². The number of piperazine rings is 1. The Labute approximate surface area is 150 Å². The van der Waals surface area contributed by atoms with Crippen LogP contribution in [0.5, 0.6) is 0 Å². The molecular weight excluding hydrogens is 334 g/mol. The Hall–Kier alpha value is -3.23. The summed E-state index contributed by atoms with van der Waals surface area (Å²) >= 11 is 0. The van der Waals surface area contributed by atoms with Crippen LogP contribution < -0.4 is 9.80 Å². The Kier molecular flexibility index (Phi) is 3.90. The second-order valence-electron chi connectivity index (χ2n) is 6.40. The molecule has 0 spiro atoms. The van der Waals surface area contributed by atoms with Gasteiger partial charge in [-0.2, -0.15) is 14.6 Å². The summed E-state index contributed by atoms with van der Waals surface area (Å²) in [7, 11) is 0. The number of hydrogen-bond acceptors (Lipinski definition) is 7. The summed E-state index contributed by atoms with van der Waals surface area (Å²) in [4.78, 5) is 23.9. The van der Waals surface area contributed by atoms with E-state index >= 15 is 0 Å². The van der Waals surface area contributed by atoms with E-state index in [-0.39, 0.29) is 10.6 Å². The highest BCUT2D eigenvalue weighted by atomic mass is 16.6. The molecule has 0 aliphatic carbocycles. The second kappa shape index (κ2) is 6.25. The predicted octanol–water partition coefficient (Wildman–Crippen LogP) is 1.98. The molecular formula is C17H19N7O2. The number of nitro groups is 1. The first-order valence-corrected chi connectivity index (χ1v) is 8.46. The zero-order valence-electron chi connectivity index (χ0n) is 14.7. The van der Waals surface area contributed by atoms with Crippen molar-refractivity contribution >= 4 is 23.0 Å². The normalized spacial score (nSPS) is 14.8. The number of nitro benzene ring substituents is 1. The van der Waals surface area contributed by atoms with Crippen molar-refractivity contribution in [3.8, 4) is 0 Å². The first-order chi connectivity index (χ1) is 12.5. The van der Waals surface area contributed by atoms with Crippen LogP contribution in [0.2, 0.25) is 0 Å². The molecule has 3 aromatic rings. The van der Waals surface area contributed by atoms with Crippen LogP contribution in [0.15, 0.2) is 30.6 Å². The van der Waals surface area contributed by atoms with E-state index in [9.17, 15) is 10.1 Å². The van der Waals surface area contributed by atoms with Gasteiger partial charge >= 0.3 is 0 Å². The first-order valence-electron chi connectivity index (χ1n) is 8.46. The fraction of sp³-hybridized carbons (Fsp3) is 0.353. The number of aromatic nitrogens is 4. The van der Waals surface area contributed by atoms with Crippen LogP contribution in [0.25, 0.3) is 5.78 Å². The van der Waals surface area contributed by atoms with E-state index in [0.717, 1.165) is 30.2 Å².